The topological polar surface area (TPSA) is 91.6 Å². The number of para-hydroxylation sites is 1. The van der Waals surface area contributed by atoms with Gasteiger partial charge in [-0.1, -0.05) is 41.4 Å². The molecule has 0 radical (unpaired) electrons. The van der Waals surface area contributed by atoms with Crippen molar-refractivity contribution in [2.45, 2.75) is 13.0 Å². The number of hydrogen-bond acceptors (Lipinski definition) is 4. The van der Waals surface area contributed by atoms with Gasteiger partial charge in [0.2, 0.25) is 11.8 Å². The summed E-state index contributed by atoms with van der Waals surface area (Å²) >= 11 is 12.3. The fourth-order valence-electron chi connectivity index (χ4n) is 3.52. The van der Waals surface area contributed by atoms with E-state index in [0.29, 0.717) is 27.7 Å². The molecule has 7 nitrogen and oxygen atoms in total. The summed E-state index contributed by atoms with van der Waals surface area (Å²) in [5.74, 6) is -0.919. The number of rotatable bonds is 6. The number of hydrogen-bond donors (Lipinski definition) is 2. The van der Waals surface area contributed by atoms with Gasteiger partial charge < -0.3 is 20.0 Å². The molecule has 9 heteroatoms. The molecule has 0 saturated carbocycles. The molecule has 164 valence electrons. The molecule has 1 saturated heterocycles. The van der Waals surface area contributed by atoms with Crippen molar-refractivity contribution in [3.05, 3.63) is 82.2 Å². The molecule has 2 heterocycles. The van der Waals surface area contributed by atoms with Crippen LogP contribution in [0.5, 0.6) is 0 Å². The van der Waals surface area contributed by atoms with Gasteiger partial charge in [-0.3, -0.25) is 14.4 Å². The predicted molar refractivity (Wildman–Crippen MR) is 122 cm³/mol. The van der Waals surface area contributed by atoms with Gasteiger partial charge in [-0.2, -0.15) is 0 Å². The molecule has 1 atom stereocenters. The molecule has 1 fully saturated rings. The van der Waals surface area contributed by atoms with Crippen LogP contribution in [0.25, 0.3) is 0 Å². The van der Waals surface area contributed by atoms with Crippen LogP contribution >= 0.6 is 23.2 Å². The maximum absolute atomic E-state index is 12.9. The van der Waals surface area contributed by atoms with Gasteiger partial charge in [-0.05, 0) is 36.4 Å². The monoisotopic (exact) mass is 471 g/mol. The fourth-order valence-corrected chi connectivity index (χ4v) is 3.92. The predicted octanol–water partition coefficient (Wildman–Crippen LogP) is 4.51. The van der Waals surface area contributed by atoms with Gasteiger partial charge >= 0.3 is 0 Å². The van der Waals surface area contributed by atoms with E-state index in [1.54, 1.807) is 54.6 Å². The molecule has 2 aromatic carbocycles. The molecule has 0 unspecified atom stereocenters. The number of carbonyl (C=O) groups is 3. The Kier molecular flexibility index (Phi) is 6.48. The normalized spacial score (nSPS) is 15.6. The summed E-state index contributed by atoms with van der Waals surface area (Å²) in [6, 6.07) is 15.2. The lowest BCUT2D eigenvalue weighted by Gasteiger charge is -2.19. The Hall–Kier alpha value is -3.29. The lowest BCUT2D eigenvalue weighted by Crippen LogP contribution is -2.29. The average Bonchev–Trinajstić information content (AvgIpc) is 3.44. The summed E-state index contributed by atoms with van der Waals surface area (Å²) in [6.45, 7) is 0.387. The van der Waals surface area contributed by atoms with E-state index in [9.17, 15) is 14.4 Å². The number of benzene rings is 2. The van der Waals surface area contributed by atoms with Crippen LogP contribution in [0, 0.1) is 5.92 Å². The van der Waals surface area contributed by atoms with Crippen molar-refractivity contribution in [3.63, 3.8) is 0 Å². The second kappa shape index (κ2) is 9.46. The minimum absolute atomic E-state index is 0.0293. The van der Waals surface area contributed by atoms with Crippen LogP contribution in [0.1, 0.15) is 22.5 Å². The highest BCUT2D eigenvalue weighted by molar-refractivity contribution is 6.44. The highest BCUT2D eigenvalue weighted by Gasteiger charge is 2.36. The van der Waals surface area contributed by atoms with Gasteiger partial charge in [0, 0.05) is 13.0 Å². The molecular weight excluding hydrogens is 453 g/mol. The number of halogens is 2. The van der Waals surface area contributed by atoms with Crippen LogP contribution in [0.3, 0.4) is 0 Å². The summed E-state index contributed by atoms with van der Waals surface area (Å²) in [4.78, 5) is 39.5. The Morgan fingerprint density at radius 2 is 1.88 bits per heavy atom. The maximum atomic E-state index is 12.9. The van der Waals surface area contributed by atoms with Gasteiger partial charge in [0.25, 0.3) is 5.91 Å². The van der Waals surface area contributed by atoms with Crippen LogP contribution in [-0.2, 0) is 16.1 Å². The lowest BCUT2D eigenvalue weighted by molar-refractivity contribution is -0.122. The second-order valence-corrected chi connectivity index (χ2v) is 8.06. The first-order valence-corrected chi connectivity index (χ1v) is 10.6. The molecule has 0 bridgehead atoms. The molecule has 0 spiro atoms. The first-order chi connectivity index (χ1) is 15.4. The van der Waals surface area contributed by atoms with Crippen molar-refractivity contribution in [3.8, 4) is 0 Å². The number of furan rings is 1. The minimum atomic E-state index is -0.600. The number of nitrogens with one attached hydrogen (secondary N) is 2. The quantitative estimate of drug-likeness (QED) is 0.553. The summed E-state index contributed by atoms with van der Waals surface area (Å²) in [5.41, 5.74) is 1.14. The van der Waals surface area contributed by atoms with Crippen molar-refractivity contribution >= 4 is 52.3 Å². The Morgan fingerprint density at radius 3 is 2.66 bits per heavy atom. The smallest absolute Gasteiger partial charge is 0.253 e. The zero-order chi connectivity index (χ0) is 22.7. The van der Waals surface area contributed by atoms with Crippen LogP contribution in [0.2, 0.25) is 10.0 Å². The van der Waals surface area contributed by atoms with Crippen molar-refractivity contribution < 1.29 is 18.8 Å². The Bertz CT molecular complexity index is 1160. The van der Waals surface area contributed by atoms with E-state index >= 15 is 0 Å². The molecular formula is C23H19Cl2N3O4. The molecule has 32 heavy (non-hydrogen) atoms. The van der Waals surface area contributed by atoms with Gasteiger partial charge in [0.15, 0.2) is 0 Å². The standard InChI is InChI=1S/C23H19Cl2N3O4/c24-17-7-3-9-19(21(17)25)28-13-14(11-20(28)29)22(30)27-18-8-2-1-6-16(18)23(31)26-12-15-5-4-10-32-15/h1-10,14H,11-13H2,(H,26,31)(H,27,30)/t14-/m1/s1. The third-order valence-electron chi connectivity index (χ3n) is 5.15. The van der Waals surface area contributed by atoms with Crippen LogP contribution in [-0.4, -0.2) is 24.3 Å². The minimum Gasteiger partial charge on any atom is -0.467 e. The molecule has 3 aromatic rings. The molecule has 1 aliphatic heterocycles. The van der Waals surface area contributed by atoms with Crippen molar-refractivity contribution in [1.82, 2.24) is 5.32 Å². The summed E-state index contributed by atoms with van der Waals surface area (Å²) < 4.78 is 5.22. The van der Waals surface area contributed by atoms with E-state index in [1.807, 2.05) is 0 Å². The zero-order valence-electron chi connectivity index (χ0n) is 16.8. The van der Waals surface area contributed by atoms with Crippen molar-refractivity contribution in [2.24, 2.45) is 5.92 Å². The molecule has 1 aliphatic rings. The maximum Gasteiger partial charge on any atom is 0.253 e. The molecule has 2 N–H and O–H groups in total. The zero-order valence-corrected chi connectivity index (χ0v) is 18.3. The van der Waals surface area contributed by atoms with Gasteiger partial charge in [0.1, 0.15) is 5.76 Å². The van der Waals surface area contributed by atoms with E-state index in [0.717, 1.165) is 0 Å². The third-order valence-corrected chi connectivity index (χ3v) is 5.96. The van der Waals surface area contributed by atoms with Crippen LogP contribution in [0.4, 0.5) is 11.4 Å². The Balaban J connectivity index is 1.45. The fraction of sp³-hybridized carbons (Fsp3) is 0.174. The number of carbonyl (C=O) groups excluding carboxylic acids is 3. The van der Waals surface area contributed by atoms with Gasteiger partial charge in [0.05, 0.1) is 45.7 Å². The molecule has 3 amide bonds. The average molecular weight is 472 g/mol. The van der Waals surface area contributed by atoms with Crippen molar-refractivity contribution in [2.75, 3.05) is 16.8 Å². The number of nitrogens with zero attached hydrogens (tertiary/aromatic N) is 1. The van der Waals surface area contributed by atoms with Crippen LogP contribution < -0.4 is 15.5 Å². The van der Waals surface area contributed by atoms with E-state index < -0.39 is 5.92 Å². The first kappa shape index (κ1) is 21.9. The lowest BCUT2D eigenvalue weighted by atomic mass is 10.1. The molecule has 0 aliphatic carbocycles. The number of anilines is 2. The van der Waals surface area contributed by atoms with Crippen molar-refractivity contribution in [1.29, 1.82) is 0 Å². The van der Waals surface area contributed by atoms with E-state index in [4.69, 9.17) is 27.6 Å². The van der Waals surface area contributed by atoms with E-state index in [-0.39, 0.29) is 42.3 Å². The number of amides is 3. The Morgan fingerprint density at radius 1 is 1.06 bits per heavy atom. The molecule has 4 rings (SSSR count). The molecule has 1 aromatic heterocycles. The third kappa shape index (κ3) is 4.64. The summed E-state index contributed by atoms with van der Waals surface area (Å²) in [7, 11) is 0. The second-order valence-electron chi connectivity index (χ2n) is 7.28. The summed E-state index contributed by atoms with van der Waals surface area (Å²) in [5, 5.41) is 6.14. The van der Waals surface area contributed by atoms with Gasteiger partial charge in [-0.25, -0.2) is 0 Å². The first-order valence-electron chi connectivity index (χ1n) is 9.89. The van der Waals surface area contributed by atoms with E-state index in [2.05, 4.69) is 10.6 Å². The SMILES string of the molecule is O=C(NCc1ccco1)c1ccccc1NC(=O)[C@@H]1CC(=O)N(c2cccc(Cl)c2Cl)C1. The highest BCUT2D eigenvalue weighted by Crippen LogP contribution is 2.36. The Labute approximate surface area is 194 Å². The van der Waals surface area contributed by atoms with Crippen LogP contribution in [0.15, 0.2) is 65.3 Å². The van der Waals surface area contributed by atoms with E-state index in [1.165, 1.54) is 11.2 Å². The van der Waals surface area contributed by atoms with Gasteiger partial charge in [-0.15, -0.1) is 0 Å². The highest BCUT2D eigenvalue weighted by atomic mass is 35.5. The largest absolute Gasteiger partial charge is 0.467 e. The summed E-state index contributed by atoms with van der Waals surface area (Å²) in [6.07, 6.45) is 1.56.